The Kier molecular flexibility index (Phi) is 3.35. The molecule has 1 aromatic rings. The summed E-state index contributed by atoms with van der Waals surface area (Å²) < 4.78 is 13.0. The monoisotopic (exact) mass is 277 g/mol. The normalized spacial score (nSPS) is 10.0. The van der Waals surface area contributed by atoms with Gasteiger partial charge in [-0.3, -0.25) is 14.9 Å². The van der Waals surface area contributed by atoms with Crippen LogP contribution in [0.4, 0.5) is 10.1 Å². The second-order valence-electron chi connectivity index (χ2n) is 2.72. The van der Waals surface area contributed by atoms with Crippen molar-refractivity contribution in [1.29, 1.82) is 0 Å². The van der Waals surface area contributed by atoms with E-state index >= 15 is 0 Å². The summed E-state index contributed by atoms with van der Waals surface area (Å²) in [6.07, 6.45) is -0.519. The molecule has 1 aromatic carbocycles. The number of nitro benzene ring substituents is 1. The zero-order chi connectivity index (χ0) is 11.6. The van der Waals surface area contributed by atoms with Crippen molar-refractivity contribution in [3.8, 4) is 0 Å². The molecular formula is C8H5BrFNO4. The molecule has 1 N–H and O–H groups in total. The molecule has 0 saturated carbocycles. The van der Waals surface area contributed by atoms with Crippen LogP contribution in [0, 0.1) is 15.9 Å². The van der Waals surface area contributed by atoms with Crippen LogP contribution in [0.25, 0.3) is 0 Å². The standard InChI is InChI=1S/C8H5BrFNO4/c9-5-1-4(2-8(12)13)7(11(14)15)3-6(5)10/h1,3H,2H2,(H,12,13). The van der Waals surface area contributed by atoms with Gasteiger partial charge in [0.2, 0.25) is 0 Å². The molecule has 0 aliphatic heterocycles. The lowest BCUT2D eigenvalue weighted by molar-refractivity contribution is -0.385. The number of halogens is 2. The Labute approximate surface area is 91.8 Å². The van der Waals surface area contributed by atoms with Gasteiger partial charge in [-0.2, -0.15) is 0 Å². The molecule has 0 spiro atoms. The Morgan fingerprint density at radius 3 is 2.67 bits per heavy atom. The predicted molar refractivity (Wildman–Crippen MR) is 52.1 cm³/mol. The number of rotatable bonds is 3. The van der Waals surface area contributed by atoms with Crippen molar-refractivity contribution in [3.63, 3.8) is 0 Å². The minimum absolute atomic E-state index is 0.00403. The zero-order valence-corrected chi connectivity index (χ0v) is 8.82. The molecular weight excluding hydrogens is 273 g/mol. The first-order valence-electron chi connectivity index (χ1n) is 3.76. The van der Waals surface area contributed by atoms with Crippen molar-refractivity contribution in [1.82, 2.24) is 0 Å². The van der Waals surface area contributed by atoms with Crippen molar-refractivity contribution in [2.45, 2.75) is 6.42 Å². The van der Waals surface area contributed by atoms with E-state index < -0.39 is 28.8 Å². The Hall–Kier alpha value is -1.50. The molecule has 7 heteroatoms. The van der Waals surface area contributed by atoms with E-state index in [4.69, 9.17) is 5.11 Å². The lowest BCUT2D eigenvalue weighted by Gasteiger charge is -2.01. The Balaban J connectivity index is 3.28. The van der Waals surface area contributed by atoms with Crippen LogP contribution in [0.5, 0.6) is 0 Å². The van der Waals surface area contributed by atoms with E-state index in [0.717, 1.165) is 6.07 Å². The number of carboxylic acids is 1. The molecule has 0 aliphatic carbocycles. The van der Waals surface area contributed by atoms with Crippen LogP contribution in [-0.4, -0.2) is 16.0 Å². The predicted octanol–water partition coefficient (Wildman–Crippen LogP) is 2.12. The van der Waals surface area contributed by atoms with Crippen LogP contribution in [0.2, 0.25) is 0 Å². The summed E-state index contributed by atoms with van der Waals surface area (Å²) in [6, 6.07) is 1.80. The summed E-state index contributed by atoms with van der Waals surface area (Å²) in [4.78, 5) is 20.1. The number of carbonyl (C=O) groups is 1. The van der Waals surface area contributed by atoms with Crippen molar-refractivity contribution in [3.05, 3.63) is 38.1 Å². The fourth-order valence-electron chi connectivity index (χ4n) is 1.05. The fraction of sp³-hybridized carbons (Fsp3) is 0.125. The molecule has 0 saturated heterocycles. The van der Waals surface area contributed by atoms with Crippen LogP contribution in [-0.2, 0) is 11.2 Å². The third kappa shape index (κ3) is 2.72. The van der Waals surface area contributed by atoms with Crippen molar-refractivity contribution in [2.75, 3.05) is 0 Å². The lowest BCUT2D eigenvalue weighted by atomic mass is 10.1. The maximum atomic E-state index is 13.0. The molecule has 0 radical (unpaired) electrons. The topological polar surface area (TPSA) is 80.4 Å². The summed E-state index contributed by atoms with van der Waals surface area (Å²) in [5, 5.41) is 19.0. The molecule has 15 heavy (non-hydrogen) atoms. The van der Waals surface area contributed by atoms with Gasteiger partial charge in [0.25, 0.3) is 5.69 Å². The smallest absolute Gasteiger partial charge is 0.308 e. The molecule has 0 bridgehead atoms. The highest BCUT2D eigenvalue weighted by molar-refractivity contribution is 9.10. The summed E-state index contributed by atoms with van der Waals surface area (Å²) in [6.45, 7) is 0. The fourth-order valence-corrected chi connectivity index (χ4v) is 1.44. The molecule has 80 valence electrons. The number of hydrogen-bond donors (Lipinski definition) is 1. The van der Waals surface area contributed by atoms with Gasteiger partial charge in [0, 0.05) is 5.56 Å². The van der Waals surface area contributed by atoms with Crippen LogP contribution in [0.1, 0.15) is 5.56 Å². The highest BCUT2D eigenvalue weighted by Crippen LogP contribution is 2.26. The van der Waals surface area contributed by atoms with E-state index in [0.29, 0.717) is 6.07 Å². The number of aliphatic carboxylic acids is 1. The van der Waals surface area contributed by atoms with Gasteiger partial charge in [0.15, 0.2) is 0 Å². The minimum Gasteiger partial charge on any atom is -0.481 e. The number of benzene rings is 1. The van der Waals surface area contributed by atoms with Crippen LogP contribution >= 0.6 is 15.9 Å². The molecule has 0 fully saturated rings. The average molecular weight is 278 g/mol. The molecule has 0 atom stereocenters. The van der Waals surface area contributed by atoms with E-state index in [9.17, 15) is 19.3 Å². The maximum absolute atomic E-state index is 13.0. The largest absolute Gasteiger partial charge is 0.481 e. The van der Waals surface area contributed by atoms with Gasteiger partial charge < -0.3 is 5.11 Å². The quantitative estimate of drug-likeness (QED) is 0.678. The molecule has 5 nitrogen and oxygen atoms in total. The summed E-state index contributed by atoms with van der Waals surface area (Å²) >= 11 is 2.83. The minimum atomic E-state index is -1.21. The van der Waals surface area contributed by atoms with Crippen LogP contribution < -0.4 is 0 Å². The summed E-state index contributed by atoms with van der Waals surface area (Å²) in [7, 11) is 0. The summed E-state index contributed by atoms with van der Waals surface area (Å²) in [5.74, 6) is -2.01. The third-order valence-electron chi connectivity index (χ3n) is 1.66. The zero-order valence-electron chi connectivity index (χ0n) is 7.24. The second kappa shape index (κ2) is 4.35. The number of nitro groups is 1. The van der Waals surface area contributed by atoms with E-state index in [1.165, 1.54) is 0 Å². The van der Waals surface area contributed by atoms with Gasteiger partial charge in [-0.15, -0.1) is 0 Å². The van der Waals surface area contributed by atoms with Gasteiger partial charge in [0.1, 0.15) is 5.82 Å². The van der Waals surface area contributed by atoms with Gasteiger partial charge in [-0.05, 0) is 22.0 Å². The van der Waals surface area contributed by atoms with Gasteiger partial charge >= 0.3 is 5.97 Å². The van der Waals surface area contributed by atoms with Crippen LogP contribution in [0.15, 0.2) is 16.6 Å². The average Bonchev–Trinajstić information content (AvgIpc) is 2.09. The number of nitrogens with zero attached hydrogens (tertiary/aromatic N) is 1. The van der Waals surface area contributed by atoms with Gasteiger partial charge in [0.05, 0.1) is 21.9 Å². The molecule has 0 unspecified atom stereocenters. The van der Waals surface area contributed by atoms with Crippen molar-refractivity contribution in [2.24, 2.45) is 0 Å². The first-order chi connectivity index (χ1) is 6.91. The Morgan fingerprint density at radius 1 is 1.60 bits per heavy atom. The van der Waals surface area contributed by atoms with Crippen LogP contribution in [0.3, 0.4) is 0 Å². The molecule has 1 rings (SSSR count). The van der Waals surface area contributed by atoms with E-state index in [1.54, 1.807) is 0 Å². The summed E-state index contributed by atoms with van der Waals surface area (Å²) in [5.41, 5.74) is -0.570. The highest BCUT2D eigenvalue weighted by atomic mass is 79.9. The Morgan fingerprint density at radius 2 is 2.20 bits per heavy atom. The highest BCUT2D eigenvalue weighted by Gasteiger charge is 2.19. The van der Waals surface area contributed by atoms with Crippen molar-refractivity contribution < 1.29 is 19.2 Å². The lowest BCUT2D eigenvalue weighted by Crippen LogP contribution is -2.04. The molecule has 0 aromatic heterocycles. The molecule has 0 amide bonds. The van der Waals surface area contributed by atoms with E-state index in [-0.39, 0.29) is 10.0 Å². The first kappa shape index (κ1) is 11.6. The first-order valence-corrected chi connectivity index (χ1v) is 4.55. The number of carboxylic acid groups (broad SMARTS) is 1. The van der Waals surface area contributed by atoms with E-state index in [2.05, 4.69) is 15.9 Å². The van der Waals surface area contributed by atoms with Crippen molar-refractivity contribution >= 4 is 27.6 Å². The van der Waals surface area contributed by atoms with Gasteiger partial charge in [-0.25, -0.2) is 4.39 Å². The molecule has 0 aliphatic rings. The molecule has 0 heterocycles. The SMILES string of the molecule is O=C(O)Cc1cc(Br)c(F)cc1[N+](=O)[O-]. The third-order valence-corrected chi connectivity index (χ3v) is 2.27. The maximum Gasteiger partial charge on any atom is 0.308 e. The van der Waals surface area contributed by atoms with E-state index in [1.807, 2.05) is 0 Å². The Bertz CT molecular complexity index is 435. The second-order valence-corrected chi connectivity index (χ2v) is 3.58. The number of hydrogen-bond acceptors (Lipinski definition) is 3. The van der Waals surface area contributed by atoms with Gasteiger partial charge in [-0.1, -0.05) is 0 Å².